The van der Waals surface area contributed by atoms with Crippen molar-refractivity contribution in [1.29, 1.82) is 0 Å². The van der Waals surface area contributed by atoms with E-state index >= 15 is 0 Å². The van der Waals surface area contributed by atoms with Gasteiger partial charge in [-0.3, -0.25) is 9.98 Å². The zero-order valence-electron chi connectivity index (χ0n) is 16.2. The molecule has 2 aromatic heterocycles. The summed E-state index contributed by atoms with van der Waals surface area (Å²) in [4.78, 5) is 13.7. The van der Waals surface area contributed by atoms with Gasteiger partial charge < -0.3 is 9.47 Å². The number of hydrogen-bond acceptors (Lipinski definition) is 6. The van der Waals surface area contributed by atoms with Crippen LogP contribution in [0.1, 0.15) is 22.5 Å². The van der Waals surface area contributed by atoms with Crippen molar-refractivity contribution in [3.05, 3.63) is 71.3 Å². The highest BCUT2D eigenvalue weighted by Gasteiger charge is 2.14. The summed E-state index contributed by atoms with van der Waals surface area (Å²) in [5.74, 6) is 2.19. The minimum Gasteiger partial charge on any atom is -0.497 e. The van der Waals surface area contributed by atoms with Crippen molar-refractivity contribution in [3.8, 4) is 22.8 Å². The maximum Gasteiger partial charge on any atom is 0.181 e. The number of ether oxygens (including phenoxy) is 2. The van der Waals surface area contributed by atoms with E-state index in [4.69, 9.17) is 14.5 Å². The predicted molar refractivity (Wildman–Crippen MR) is 110 cm³/mol. The van der Waals surface area contributed by atoms with Crippen molar-refractivity contribution < 1.29 is 9.47 Å². The van der Waals surface area contributed by atoms with Crippen LogP contribution in [0.5, 0.6) is 11.5 Å². The van der Waals surface area contributed by atoms with E-state index in [-0.39, 0.29) is 0 Å². The van der Waals surface area contributed by atoms with Crippen molar-refractivity contribution in [2.75, 3.05) is 14.2 Å². The number of fused-ring (bicyclic) bond motifs is 2. The Morgan fingerprint density at radius 2 is 1.86 bits per heavy atom. The molecule has 0 saturated heterocycles. The fraction of sp³-hybridized carbons (Fsp3) is 0.182. The molecule has 0 amide bonds. The van der Waals surface area contributed by atoms with E-state index in [1.165, 1.54) is 5.56 Å². The summed E-state index contributed by atoms with van der Waals surface area (Å²) in [5.41, 5.74) is 5.92. The zero-order chi connectivity index (χ0) is 19.8. The molecule has 2 aromatic carbocycles. The Morgan fingerprint density at radius 1 is 1.03 bits per heavy atom. The van der Waals surface area contributed by atoms with E-state index in [1.807, 2.05) is 30.6 Å². The van der Waals surface area contributed by atoms with E-state index in [1.54, 1.807) is 24.9 Å². The summed E-state index contributed by atoms with van der Waals surface area (Å²) in [6, 6.07) is 12.1. The molecule has 0 fully saturated rings. The standard InChI is InChI=1S/C22H19N5O2/c1-28-18-7-14(8-19(11-18)29-2)9-20-25-22-21(24-5-6-27(22)26-20)15-3-4-16-12-23-13-17(16)10-15/h3-8,10-11,13H,9,12H2,1-2H3. The fourth-order valence-electron chi connectivity index (χ4n) is 3.54. The van der Waals surface area contributed by atoms with Crippen molar-refractivity contribution >= 4 is 11.9 Å². The van der Waals surface area contributed by atoms with Crippen molar-refractivity contribution in [1.82, 2.24) is 19.6 Å². The molecule has 1 aliphatic rings. The van der Waals surface area contributed by atoms with Gasteiger partial charge in [-0.05, 0) is 34.9 Å². The van der Waals surface area contributed by atoms with Gasteiger partial charge in [0.25, 0.3) is 0 Å². The van der Waals surface area contributed by atoms with Crippen LogP contribution in [0.25, 0.3) is 16.9 Å². The molecule has 0 unspecified atom stereocenters. The van der Waals surface area contributed by atoms with Crippen LogP contribution in [-0.4, -0.2) is 40.0 Å². The lowest BCUT2D eigenvalue weighted by Gasteiger charge is -2.07. The van der Waals surface area contributed by atoms with Crippen LogP contribution < -0.4 is 9.47 Å². The van der Waals surface area contributed by atoms with Crippen molar-refractivity contribution in [3.63, 3.8) is 0 Å². The molecule has 0 aliphatic carbocycles. The highest BCUT2D eigenvalue weighted by Crippen LogP contribution is 2.27. The Kier molecular flexibility index (Phi) is 4.20. The molecular formula is C22H19N5O2. The lowest BCUT2D eigenvalue weighted by molar-refractivity contribution is 0.393. The maximum absolute atomic E-state index is 5.36. The first-order valence-corrected chi connectivity index (χ1v) is 9.29. The molecule has 0 radical (unpaired) electrons. The second kappa shape index (κ2) is 7.01. The molecule has 7 nitrogen and oxygen atoms in total. The van der Waals surface area contributed by atoms with Crippen LogP contribution in [0.15, 0.2) is 53.8 Å². The number of aliphatic imine (C=N–C) groups is 1. The predicted octanol–water partition coefficient (Wildman–Crippen LogP) is 3.33. The molecule has 29 heavy (non-hydrogen) atoms. The number of rotatable bonds is 5. The molecular weight excluding hydrogens is 366 g/mol. The number of aromatic nitrogens is 4. The Morgan fingerprint density at radius 3 is 2.66 bits per heavy atom. The van der Waals surface area contributed by atoms with Gasteiger partial charge in [-0.2, -0.15) is 5.10 Å². The average Bonchev–Trinajstić information content (AvgIpc) is 3.38. The van der Waals surface area contributed by atoms with Crippen LogP contribution in [-0.2, 0) is 13.0 Å². The first-order valence-electron chi connectivity index (χ1n) is 9.29. The number of hydrogen-bond donors (Lipinski definition) is 0. The monoisotopic (exact) mass is 385 g/mol. The normalized spacial score (nSPS) is 12.3. The third-order valence-corrected chi connectivity index (χ3v) is 4.98. The topological polar surface area (TPSA) is 73.9 Å². The summed E-state index contributed by atoms with van der Waals surface area (Å²) >= 11 is 0. The number of nitrogens with zero attached hydrogens (tertiary/aromatic N) is 5. The van der Waals surface area contributed by atoms with Crippen LogP contribution in [0.2, 0.25) is 0 Å². The summed E-state index contributed by atoms with van der Waals surface area (Å²) in [6.45, 7) is 0.742. The fourth-order valence-corrected chi connectivity index (χ4v) is 3.54. The molecule has 3 heterocycles. The second-order valence-corrected chi connectivity index (χ2v) is 6.85. The molecule has 0 bridgehead atoms. The lowest BCUT2D eigenvalue weighted by Crippen LogP contribution is -1.95. The Labute approximate surface area is 167 Å². The first-order chi connectivity index (χ1) is 14.2. The van der Waals surface area contributed by atoms with Crippen LogP contribution in [0.3, 0.4) is 0 Å². The highest BCUT2D eigenvalue weighted by molar-refractivity contribution is 5.87. The molecule has 0 N–H and O–H groups in total. The minimum atomic E-state index is 0.561. The summed E-state index contributed by atoms with van der Waals surface area (Å²) in [5, 5.41) is 4.64. The Bertz CT molecular complexity index is 1220. The Balaban J connectivity index is 1.53. The first kappa shape index (κ1) is 17.4. The van der Waals surface area contributed by atoms with Gasteiger partial charge in [-0.1, -0.05) is 12.1 Å². The second-order valence-electron chi connectivity index (χ2n) is 6.85. The summed E-state index contributed by atoms with van der Waals surface area (Å²) in [7, 11) is 3.28. The van der Waals surface area contributed by atoms with Crippen molar-refractivity contribution in [2.45, 2.75) is 13.0 Å². The van der Waals surface area contributed by atoms with Gasteiger partial charge in [0.05, 0.1) is 20.8 Å². The molecule has 0 saturated carbocycles. The molecule has 7 heteroatoms. The van der Waals surface area contributed by atoms with Gasteiger partial charge in [-0.15, -0.1) is 0 Å². The number of methoxy groups -OCH3 is 2. The Hall–Kier alpha value is -3.74. The van der Waals surface area contributed by atoms with Gasteiger partial charge >= 0.3 is 0 Å². The molecule has 5 rings (SSSR count). The van der Waals surface area contributed by atoms with Crippen molar-refractivity contribution in [2.24, 2.45) is 4.99 Å². The number of benzene rings is 2. The lowest BCUT2D eigenvalue weighted by atomic mass is 10.0. The smallest absolute Gasteiger partial charge is 0.181 e. The van der Waals surface area contributed by atoms with E-state index in [9.17, 15) is 0 Å². The molecule has 144 valence electrons. The average molecular weight is 385 g/mol. The molecule has 0 atom stereocenters. The quantitative estimate of drug-likeness (QED) is 0.527. The van der Waals surface area contributed by atoms with Gasteiger partial charge in [0, 0.05) is 36.7 Å². The molecule has 4 aromatic rings. The van der Waals surface area contributed by atoms with Gasteiger partial charge in [-0.25, -0.2) is 9.50 Å². The van der Waals surface area contributed by atoms with E-state index in [0.717, 1.165) is 46.1 Å². The minimum absolute atomic E-state index is 0.561. The zero-order valence-corrected chi connectivity index (χ0v) is 16.2. The third-order valence-electron chi connectivity index (χ3n) is 4.98. The van der Waals surface area contributed by atoms with E-state index < -0.39 is 0 Å². The SMILES string of the molecule is COc1cc(Cc2nc3c(-c4ccc5c(c4)C=NC5)nccn3n2)cc(OC)c1. The van der Waals surface area contributed by atoms with Gasteiger partial charge in [0.2, 0.25) is 0 Å². The van der Waals surface area contributed by atoms with E-state index in [0.29, 0.717) is 12.2 Å². The summed E-state index contributed by atoms with van der Waals surface area (Å²) < 4.78 is 12.5. The third kappa shape index (κ3) is 3.20. The summed E-state index contributed by atoms with van der Waals surface area (Å²) in [6.07, 6.45) is 6.03. The highest BCUT2D eigenvalue weighted by atomic mass is 16.5. The van der Waals surface area contributed by atoms with Gasteiger partial charge in [0.15, 0.2) is 11.5 Å². The van der Waals surface area contributed by atoms with Crippen LogP contribution in [0.4, 0.5) is 0 Å². The van der Waals surface area contributed by atoms with Gasteiger partial charge in [0.1, 0.15) is 17.2 Å². The molecule has 0 spiro atoms. The van der Waals surface area contributed by atoms with Crippen LogP contribution in [0, 0.1) is 0 Å². The van der Waals surface area contributed by atoms with E-state index in [2.05, 4.69) is 33.3 Å². The maximum atomic E-state index is 5.36. The van der Waals surface area contributed by atoms with Crippen LogP contribution >= 0.6 is 0 Å². The largest absolute Gasteiger partial charge is 0.497 e. The molecule has 1 aliphatic heterocycles.